The van der Waals surface area contributed by atoms with E-state index in [1.807, 2.05) is 6.92 Å². The molecule has 0 saturated heterocycles. The predicted octanol–water partition coefficient (Wildman–Crippen LogP) is 2.33. The molecule has 0 aromatic heterocycles. The Bertz CT molecular complexity index is 304. The van der Waals surface area contributed by atoms with Crippen LogP contribution < -0.4 is 0 Å². The lowest BCUT2D eigenvalue weighted by Gasteiger charge is -2.33. The third-order valence-corrected chi connectivity index (χ3v) is 4.19. The second-order valence-corrected chi connectivity index (χ2v) is 5.32. The molecule has 2 atom stereocenters. The van der Waals surface area contributed by atoms with E-state index in [1.54, 1.807) is 6.92 Å². The standard InChI is InChI=1S/C13H20O3/c1-3-16-12(15)10-4-5-13(6-7-13)8-11(10)9(2)14/h10-11H,3-8H2,1-2H3/t10-,11+/m0/s1. The van der Waals surface area contributed by atoms with E-state index in [0.29, 0.717) is 12.0 Å². The number of rotatable bonds is 3. The number of hydrogen-bond donors (Lipinski definition) is 0. The molecule has 0 bridgehead atoms. The molecule has 2 saturated carbocycles. The van der Waals surface area contributed by atoms with E-state index in [9.17, 15) is 9.59 Å². The molecule has 3 nitrogen and oxygen atoms in total. The van der Waals surface area contributed by atoms with Gasteiger partial charge in [-0.3, -0.25) is 9.59 Å². The summed E-state index contributed by atoms with van der Waals surface area (Å²) in [7, 11) is 0. The van der Waals surface area contributed by atoms with Crippen LogP contribution in [0.1, 0.15) is 46.0 Å². The molecule has 0 radical (unpaired) electrons. The molecule has 2 aliphatic rings. The number of Topliss-reactive ketones (excluding diaryl/α,β-unsaturated/α-hetero) is 1. The Kier molecular flexibility index (Phi) is 3.04. The highest BCUT2D eigenvalue weighted by Gasteiger charge is 2.51. The lowest BCUT2D eigenvalue weighted by atomic mass is 9.70. The Morgan fingerprint density at radius 3 is 2.44 bits per heavy atom. The zero-order valence-electron chi connectivity index (χ0n) is 10.1. The number of ketones is 1. The summed E-state index contributed by atoms with van der Waals surface area (Å²) in [6.45, 7) is 3.83. The van der Waals surface area contributed by atoms with Gasteiger partial charge in [-0.05, 0) is 51.4 Å². The molecule has 0 aromatic carbocycles. The molecule has 0 unspecified atom stereocenters. The highest BCUT2D eigenvalue weighted by Crippen LogP contribution is 2.59. The van der Waals surface area contributed by atoms with Crippen LogP contribution in [0.25, 0.3) is 0 Å². The van der Waals surface area contributed by atoms with E-state index >= 15 is 0 Å². The first-order valence-electron chi connectivity index (χ1n) is 6.25. The summed E-state index contributed by atoms with van der Waals surface area (Å²) < 4.78 is 5.06. The maximum absolute atomic E-state index is 11.8. The zero-order chi connectivity index (χ0) is 11.8. The maximum atomic E-state index is 11.8. The van der Waals surface area contributed by atoms with Gasteiger partial charge < -0.3 is 4.74 Å². The number of carbonyl (C=O) groups is 2. The zero-order valence-corrected chi connectivity index (χ0v) is 10.1. The van der Waals surface area contributed by atoms with Gasteiger partial charge >= 0.3 is 5.97 Å². The van der Waals surface area contributed by atoms with Gasteiger partial charge in [0.1, 0.15) is 5.78 Å². The molecule has 3 heteroatoms. The quantitative estimate of drug-likeness (QED) is 0.691. The van der Waals surface area contributed by atoms with Gasteiger partial charge in [0.05, 0.1) is 12.5 Å². The van der Waals surface area contributed by atoms with E-state index in [-0.39, 0.29) is 23.6 Å². The summed E-state index contributed by atoms with van der Waals surface area (Å²) in [6, 6.07) is 0. The third kappa shape index (κ3) is 2.13. The van der Waals surface area contributed by atoms with Crippen molar-refractivity contribution in [2.45, 2.75) is 46.0 Å². The molecule has 2 aliphatic carbocycles. The highest BCUT2D eigenvalue weighted by atomic mass is 16.5. The molecule has 2 rings (SSSR count). The minimum Gasteiger partial charge on any atom is -0.466 e. The largest absolute Gasteiger partial charge is 0.466 e. The topological polar surface area (TPSA) is 43.4 Å². The first-order valence-corrected chi connectivity index (χ1v) is 6.25. The van der Waals surface area contributed by atoms with E-state index in [0.717, 1.165) is 19.3 Å². The van der Waals surface area contributed by atoms with Crippen LogP contribution in [-0.4, -0.2) is 18.4 Å². The normalized spacial score (nSPS) is 31.1. The Morgan fingerprint density at radius 2 is 1.94 bits per heavy atom. The minimum atomic E-state index is -0.177. The van der Waals surface area contributed by atoms with Crippen LogP contribution in [-0.2, 0) is 14.3 Å². The van der Waals surface area contributed by atoms with Crippen molar-refractivity contribution in [2.75, 3.05) is 6.61 Å². The summed E-state index contributed by atoms with van der Waals surface area (Å²) in [5, 5.41) is 0. The van der Waals surface area contributed by atoms with Gasteiger partial charge in [0, 0.05) is 5.92 Å². The van der Waals surface area contributed by atoms with Crippen molar-refractivity contribution < 1.29 is 14.3 Å². The molecule has 2 fully saturated rings. The Morgan fingerprint density at radius 1 is 1.25 bits per heavy atom. The van der Waals surface area contributed by atoms with E-state index in [4.69, 9.17) is 4.74 Å². The SMILES string of the molecule is CCOC(=O)[C@H]1CCC2(CC2)C[C@@H]1C(C)=O. The molecule has 0 amide bonds. The fourth-order valence-electron chi connectivity index (χ4n) is 2.96. The molecule has 16 heavy (non-hydrogen) atoms. The fourth-order valence-corrected chi connectivity index (χ4v) is 2.96. The van der Waals surface area contributed by atoms with Gasteiger partial charge in [0.2, 0.25) is 0 Å². The van der Waals surface area contributed by atoms with E-state index < -0.39 is 0 Å². The fraction of sp³-hybridized carbons (Fsp3) is 0.846. The van der Waals surface area contributed by atoms with Crippen LogP contribution in [0, 0.1) is 17.3 Å². The summed E-state index contributed by atoms with van der Waals surface area (Å²) in [6.07, 6.45) is 5.33. The Balaban J connectivity index is 2.05. The Hall–Kier alpha value is -0.860. The second-order valence-electron chi connectivity index (χ2n) is 5.32. The van der Waals surface area contributed by atoms with Crippen LogP contribution in [0.3, 0.4) is 0 Å². The van der Waals surface area contributed by atoms with E-state index in [2.05, 4.69) is 0 Å². The van der Waals surface area contributed by atoms with Crippen molar-refractivity contribution in [3.63, 3.8) is 0 Å². The van der Waals surface area contributed by atoms with Crippen molar-refractivity contribution in [3.05, 3.63) is 0 Å². The van der Waals surface area contributed by atoms with Gasteiger partial charge in [-0.25, -0.2) is 0 Å². The summed E-state index contributed by atoms with van der Waals surface area (Å²) in [5.41, 5.74) is 0.416. The lowest BCUT2D eigenvalue weighted by molar-refractivity contribution is -0.154. The smallest absolute Gasteiger partial charge is 0.309 e. The first kappa shape index (κ1) is 11.6. The van der Waals surface area contributed by atoms with Crippen molar-refractivity contribution >= 4 is 11.8 Å². The van der Waals surface area contributed by atoms with Gasteiger partial charge in [-0.15, -0.1) is 0 Å². The number of esters is 1. The van der Waals surface area contributed by atoms with Crippen LogP contribution in [0.5, 0.6) is 0 Å². The van der Waals surface area contributed by atoms with Gasteiger partial charge in [0.25, 0.3) is 0 Å². The maximum Gasteiger partial charge on any atom is 0.309 e. The van der Waals surface area contributed by atoms with Gasteiger partial charge in [-0.1, -0.05) is 0 Å². The lowest BCUT2D eigenvalue weighted by Crippen LogP contribution is -2.36. The summed E-state index contributed by atoms with van der Waals surface area (Å²) >= 11 is 0. The molecular formula is C13H20O3. The van der Waals surface area contributed by atoms with Crippen molar-refractivity contribution in [3.8, 4) is 0 Å². The summed E-state index contributed by atoms with van der Waals surface area (Å²) in [4.78, 5) is 23.4. The van der Waals surface area contributed by atoms with Crippen LogP contribution >= 0.6 is 0 Å². The monoisotopic (exact) mass is 224 g/mol. The van der Waals surface area contributed by atoms with Gasteiger partial charge in [0.15, 0.2) is 0 Å². The summed E-state index contributed by atoms with van der Waals surface area (Å²) in [5.74, 6) is -0.277. The molecule has 0 N–H and O–H groups in total. The molecule has 1 spiro atoms. The Labute approximate surface area is 96.5 Å². The number of ether oxygens (including phenoxy) is 1. The average molecular weight is 224 g/mol. The molecule has 0 aromatic rings. The molecule has 0 heterocycles. The van der Waals surface area contributed by atoms with Crippen LogP contribution in [0.15, 0.2) is 0 Å². The van der Waals surface area contributed by atoms with Crippen molar-refractivity contribution in [2.24, 2.45) is 17.3 Å². The van der Waals surface area contributed by atoms with Crippen LogP contribution in [0.4, 0.5) is 0 Å². The van der Waals surface area contributed by atoms with Crippen molar-refractivity contribution in [1.82, 2.24) is 0 Å². The van der Waals surface area contributed by atoms with Gasteiger partial charge in [-0.2, -0.15) is 0 Å². The second kappa shape index (κ2) is 4.19. The molecule has 0 aliphatic heterocycles. The molecular weight excluding hydrogens is 204 g/mol. The molecule has 90 valence electrons. The van der Waals surface area contributed by atoms with Crippen LogP contribution in [0.2, 0.25) is 0 Å². The number of hydrogen-bond acceptors (Lipinski definition) is 3. The predicted molar refractivity (Wildman–Crippen MR) is 59.8 cm³/mol. The minimum absolute atomic E-state index is 0.0877. The van der Waals surface area contributed by atoms with E-state index in [1.165, 1.54) is 12.8 Å². The third-order valence-electron chi connectivity index (χ3n) is 4.19. The average Bonchev–Trinajstić information content (AvgIpc) is 2.98. The van der Waals surface area contributed by atoms with Crippen molar-refractivity contribution in [1.29, 1.82) is 0 Å². The first-order chi connectivity index (χ1) is 7.58. The number of carbonyl (C=O) groups excluding carboxylic acids is 2. The highest BCUT2D eigenvalue weighted by molar-refractivity contribution is 5.85.